The van der Waals surface area contributed by atoms with E-state index in [0.29, 0.717) is 30.5 Å². The minimum absolute atomic E-state index is 0.144. The minimum Gasteiger partial charge on any atom is -0.494 e. The lowest BCUT2D eigenvalue weighted by atomic mass is 10.0. The standard InChI is InChI=1S/C28H32N6O4/c1-32(2)11-12-38-27-16-26(37-4)23(15-25(27)34(35)36)31-28-29-10-9-22(30-28)21-17-33(3)24-14-19(7-8-20(21)24)13-18-5-6-18/h7-10,14-18H,5-6,11-13H2,1-4H3,(H,29,30,31). The van der Waals surface area contributed by atoms with Crippen LogP contribution in [0.4, 0.5) is 17.3 Å². The Hall–Kier alpha value is -4.18. The monoisotopic (exact) mass is 516 g/mol. The number of nitro groups is 1. The minimum atomic E-state index is -0.472. The highest BCUT2D eigenvalue weighted by Gasteiger charge is 2.23. The Balaban J connectivity index is 1.44. The molecule has 198 valence electrons. The molecule has 1 N–H and O–H groups in total. The van der Waals surface area contributed by atoms with Gasteiger partial charge in [-0.05, 0) is 57.0 Å². The van der Waals surface area contributed by atoms with E-state index < -0.39 is 4.92 Å². The highest BCUT2D eigenvalue weighted by Crippen LogP contribution is 2.39. The van der Waals surface area contributed by atoms with Crippen molar-refractivity contribution >= 4 is 28.2 Å². The van der Waals surface area contributed by atoms with Gasteiger partial charge in [-0.1, -0.05) is 12.1 Å². The second-order valence-corrected chi connectivity index (χ2v) is 9.97. The molecule has 0 radical (unpaired) electrons. The number of hydrogen-bond acceptors (Lipinski definition) is 8. The van der Waals surface area contributed by atoms with Gasteiger partial charge in [0.05, 0.1) is 23.4 Å². The van der Waals surface area contributed by atoms with E-state index in [2.05, 4.69) is 39.3 Å². The van der Waals surface area contributed by atoms with Crippen molar-refractivity contribution < 1.29 is 14.4 Å². The van der Waals surface area contributed by atoms with Gasteiger partial charge in [0.2, 0.25) is 11.7 Å². The number of nitrogens with zero attached hydrogens (tertiary/aromatic N) is 5. The van der Waals surface area contributed by atoms with Gasteiger partial charge >= 0.3 is 5.69 Å². The van der Waals surface area contributed by atoms with Crippen molar-refractivity contribution in [1.29, 1.82) is 0 Å². The van der Waals surface area contributed by atoms with E-state index in [1.165, 1.54) is 37.6 Å². The second-order valence-electron chi connectivity index (χ2n) is 9.97. The van der Waals surface area contributed by atoms with Crippen LogP contribution in [0.15, 0.2) is 48.8 Å². The topological polar surface area (TPSA) is 108 Å². The molecular formula is C28H32N6O4. The van der Waals surface area contributed by atoms with Crippen molar-refractivity contribution in [3.8, 4) is 22.8 Å². The number of nitrogens with one attached hydrogen (secondary N) is 1. The van der Waals surface area contributed by atoms with Crippen LogP contribution in [0.5, 0.6) is 11.5 Å². The van der Waals surface area contributed by atoms with E-state index in [-0.39, 0.29) is 11.4 Å². The first-order valence-corrected chi connectivity index (χ1v) is 12.6. The molecule has 38 heavy (non-hydrogen) atoms. The second kappa shape index (κ2) is 10.7. The van der Waals surface area contributed by atoms with E-state index in [0.717, 1.165) is 34.5 Å². The molecule has 1 fully saturated rings. The van der Waals surface area contributed by atoms with Crippen LogP contribution in [-0.2, 0) is 13.5 Å². The van der Waals surface area contributed by atoms with Crippen LogP contribution in [0, 0.1) is 16.0 Å². The van der Waals surface area contributed by atoms with Crippen molar-refractivity contribution in [2.24, 2.45) is 13.0 Å². The number of ether oxygens (including phenoxy) is 2. The van der Waals surface area contributed by atoms with Gasteiger partial charge in [0.15, 0.2) is 0 Å². The van der Waals surface area contributed by atoms with Crippen molar-refractivity contribution in [1.82, 2.24) is 19.4 Å². The molecule has 10 nitrogen and oxygen atoms in total. The first-order chi connectivity index (χ1) is 18.3. The van der Waals surface area contributed by atoms with E-state index in [1.54, 1.807) is 6.20 Å². The van der Waals surface area contributed by atoms with Crippen LogP contribution < -0.4 is 14.8 Å². The zero-order chi connectivity index (χ0) is 26.8. The Bertz CT molecular complexity index is 1480. The number of fused-ring (bicyclic) bond motifs is 1. The number of aryl methyl sites for hydroxylation is 1. The molecule has 2 aromatic heterocycles. The van der Waals surface area contributed by atoms with Crippen molar-refractivity contribution in [2.75, 3.05) is 39.7 Å². The summed E-state index contributed by atoms with van der Waals surface area (Å²) in [4.78, 5) is 22.3. The van der Waals surface area contributed by atoms with Crippen LogP contribution in [-0.4, -0.2) is 58.7 Å². The summed E-state index contributed by atoms with van der Waals surface area (Å²) in [5.41, 5.74) is 4.47. The fourth-order valence-corrected chi connectivity index (χ4v) is 4.52. The SMILES string of the molecule is COc1cc(OCCN(C)C)c([N+](=O)[O-])cc1Nc1nccc(-c2cn(C)c3cc(CC4CC4)ccc23)n1. The predicted octanol–water partition coefficient (Wildman–Crippen LogP) is 5.19. The molecule has 1 aliphatic rings. The van der Waals surface area contributed by atoms with Crippen LogP contribution >= 0.6 is 0 Å². The van der Waals surface area contributed by atoms with Crippen molar-refractivity contribution in [2.45, 2.75) is 19.3 Å². The third-order valence-corrected chi connectivity index (χ3v) is 6.73. The summed E-state index contributed by atoms with van der Waals surface area (Å²) in [5, 5.41) is 16.0. The van der Waals surface area contributed by atoms with E-state index in [4.69, 9.17) is 14.5 Å². The fraction of sp³-hybridized carbons (Fsp3) is 0.357. The maximum absolute atomic E-state index is 11.8. The summed E-state index contributed by atoms with van der Waals surface area (Å²) in [6.07, 6.45) is 7.53. The van der Waals surface area contributed by atoms with Crippen LogP contribution in [0.1, 0.15) is 18.4 Å². The number of hydrogen-bond donors (Lipinski definition) is 1. The van der Waals surface area contributed by atoms with Gasteiger partial charge in [-0.15, -0.1) is 0 Å². The Kier molecular flexibility index (Phi) is 7.15. The maximum Gasteiger partial charge on any atom is 0.313 e. The lowest BCUT2D eigenvalue weighted by molar-refractivity contribution is -0.385. The van der Waals surface area contributed by atoms with Gasteiger partial charge in [0.1, 0.15) is 12.4 Å². The molecule has 2 aromatic carbocycles. The summed E-state index contributed by atoms with van der Waals surface area (Å²) in [7, 11) is 7.36. The fourth-order valence-electron chi connectivity index (χ4n) is 4.52. The number of aromatic nitrogens is 3. The van der Waals surface area contributed by atoms with Gasteiger partial charge in [-0.3, -0.25) is 10.1 Å². The quantitative estimate of drug-likeness (QED) is 0.214. The molecule has 4 aromatic rings. The molecular weight excluding hydrogens is 484 g/mol. The molecule has 0 bridgehead atoms. The Morgan fingerprint density at radius 3 is 2.71 bits per heavy atom. The largest absolute Gasteiger partial charge is 0.494 e. The zero-order valence-corrected chi connectivity index (χ0v) is 22.1. The lowest BCUT2D eigenvalue weighted by Gasteiger charge is -2.15. The predicted molar refractivity (Wildman–Crippen MR) is 147 cm³/mol. The van der Waals surface area contributed by atoms with Gasteiger partial charge in [0.25, 0.3) is 0 Å². The molecule has 0 saturated heterocycles. The molecule has 0 unspecified atom stereocenters. The number of benzene rings is 2. The molecule has 0 atom stereocenters. The Morgan fingerprint density at radius 2 is 2.00 bits per heavy atom. The first kappa shape index (κ1) is 25.5. The first-order valence-electron chi connectivity index (χ1n) is 12.6. The molecule has 0 aliphatic heterocycles. The number of nitro benzene ring substituents is 1. The molecule has 0 amide bonds. The average Bonchev–Trinajstić information content (AvgIpc) is 3.65. The lowest BCUT2D eigenvalue weighted by Crippen LogP contribution is -2.19. The van der Waals surface area contributed by atoms with Crippen molar-refractivity contribution in [3.05, 3.63) is 64.5 Å². The van der Waals surface area contributed by atoms with Gasteiger partial charge in [-0.25, -0.2) is 9.97 Å². The van der Waals surface area contributed by atoms with Gasteiger partial charge in [0, 0.05) is 54.6 Å². The van der Waals surface area contributed by atoms with Crippen LogP contribution in [0.2, 0.25) is 0 Å². The smallest absolute Gasteiger partial charge is 0.313 e. The average molecular weight is 517 g/mol. The molecule has 1 saturated carbocycles. The number of likely N-dealkylation sites (N-methyl/N-ethyl adjacent to an activating group) is 1. The third kappa shape index (κ3) is 5.55. The van der Waals surface area contributed by atoms with Crippen molar-refractivity contribution in [3.63, 3.8) is 0 Å². The van der Waals surface area contributed by atoms with Gasteiger partial charge in [-0.2, -0.15) is 0 Å². The normalized spacial score (nSPS) is 13.2. The summed E-state index contributed by atoms with van der Waals surface area (Å²) < 4.78 is 13.3. The molecule has 0 spiro atoms. The Morgan fingerprint density at radius 1 is 1.18 bits per heavy atom. The Labute approximate surface area is 221 Å². The summed E-state index contributed by atoms with van der Waals surface area (Å²) in [6, 6.07) is 11.4. The van der Waals surface area contributed by atoms with Crippen LogP contribution in [0.25, 0.3) is 22.2 Å². The molecule has 5 rings (SSSR count). The molecule has 10 heteroatoms. The van der Waals surface area contributed by atoms with E-state index in [1.807, 2.05) is 32.1 Å². The number of rotatable bonds is 11. The van der Waals surface area contributed by atoms with E-state index >= 15 is 0 Å². The molecule has 1 aliphatic carbocycles. The molecule has 2 heterocycles. The van der Waals surface area contributed by atoms with Gasteiger partial charge < -0.3 is 24.3 Å². The summed E-state index contributed by atoms with van der Waals surface area (Å²) in [6.45, 7) is 0.929. The number of anilines is 2. The zero-order valence-electron chi connectivity index (χ0n) is 22.1. The maximum atomic E-state index is 11.8. The summed E-state index contributed by atoms with van der Waals surface area (Å²) in [5.74, 6) is 1.66. The third-order valence-electron chi connectivity index (χ3n) is 6.73. The van der Waals surface area contributed by atoms with E-state index in [9.17, 15) is 10.1 Å². The van der Waals surface area contributed by atoms with Crippen LogP contribution in [0.3, 0.4) is 0 Å². The summed E-state index contributed by atoms with van der Waals surface area (Å²) >= 11 is 0. The highest BCUT2D eigenvalue weighted by atomic mass is 16.6. The number of methoxy groups -OCH3 is 1. The highest BCUT2D eigenvalue weighted by molar-refractivity contribution is 5.95.